The smallest absolute Gasteiger partial charge is 0.342 e. The fourth-order valence-corrected chi connectivity index (χ4v) is 2.38. The highest BCUT2D eigenvalue weighted by molar-refractivity contribution is 5.98. The number of rotatable bonds is 7. The van der Waals surface area contributed by atoms with Gasteiger partial charge in [-0.2, -0.15) is 0 Å². The van der Waals surface area contributed by atoms with E-state index in [2.05, 4.69) is 0 Å². The van der Waals surface area contributed by atoms with E-state index in [9.17, 15) is 24.1 Å². The first-order chi connectivity index (χ1) is 12.9. The van der Waals surface area contributed by atoms with Crippen molar-refractivity contribution in [1.82, 2.24) is 0 Å². The van der Waals surface area contributed by atoms with Crippen molar-refractivity contribution < 1.29 is 28.4 Å². The molecule has 2 aromatic rings. The normalized spacial score (nSPS) is 10.2. The number of esters is 1. The van der Waals surface area contributed by atoms with E-state index in [1.807, 2.05) is 0 Å². The fraction of sp³-hybridized carbons (Fsp3) is 0.222. The Labute approximate surface area is 154 Å². The number of ether oxygens (including phenoxy) is 2. The van der Waals surface area contributed by atoms with Crippen LogP contribution in [0.5, 0.6) is 5.75 Å². The number of carbonyl (C=O) groups is 2. The summed E-state index contributed by atoms with van der Waals surface area (Å²) in [5.41, 5.74) is -0.0206. The van der Waals surface area contributed by atoms with Crippen molar-refractivity contribution in [3.63, 3.8) is 0 Å². The predicted octanol–water partition coefficient (Wildman–Crippen LogP) is 2.95. The summed E-state index contributed by atoms with van der Waals surface area (Å²) in [7, 11) is 1.30. The van der Waals surface area contributed by atoms with Crippen LogP contribution in [0.1, 0.15) is 17.3 Å². The van der Waals surface area contributed by atoms with Gasteiger partial charge in [-0.15, -0.1) is 0 Å². The molecule has 142 valence electrons. The highest BCUT2D eigenvalue weighted by atomic mass is 19.1. The maximum atomic E-state index is 13.0. The van der Waals surface area contributed by atoms with Gasteiger partial charge in [-0.1, -0.05) is 0 Å². The minimum atomic E-state index is -0.931. The van der Waals surface area contributed by atoms with Crippen molar-refractivity contribution >= 4 is 23.3 Å². The Bertz CT molecular complexity index is 853. The van der Waals surface area contributed by atoms with Crippen molar-refractivity contribution in [3.05, 3.63) is 64.0 Å². The number of nitrogens with zero attached hydrogens (tertiary/aromatic N) is 2. The van der Waals surface area contributed by atoms with Crippen LogP contribution in [0.2, 0.25) is 0 Å². The lowest BCUT2D eigenvalue weighted by Gasteiger charge is -2.21. The number of methoxy groups -OCH3 is 1. The largest absolute Gasteiger partial charge is 0.496 e. The summed E-state index contributed by atoms with van der Waals surface area (Å²) in [6, 6.07) is 8.77. The number of anilines is 1. The molecule has 0 aromatic heterocycles. The highest BCUT2D eigenvalue weighted by Gasteiger charge is 2.21. The van der Waals surface area contributed by atoms with Crippen LogP contribution in [0.15, 0.2) is 42.5 Å². The van der Waals surface area contributed by atoms with Crippen LogP contribution in [0.3, 0.4) is 0 Å². The third kappa shape index (κ3) is 4.78. The number of non-ortho nitro benzene ring substituents is 1. The molecule has 0 aliphatic carbocycles. The zero-order chi connectivity index (χ0) is 20.0. The molecule has 0 bridgehead atoms. The SMILES string of the molecule is CCN(C(=O)COC(=O)c1cc([N+](=O)[O-])ccc1OC)c1ccc(F)cc1. The van der Waals surface area contributed by atoms with E-state index < -0.39 is 29.2 Å². The lowest BCUT2D eigenvalue weighted by atomic mass is 10.2. The Morgan fingerprint density at radius 2 is 1.85 bits per heavy atom. The summed E-state index contributed by atoms with van der Waals surface area (Å²) in [6.07, 6.45) is 0. The van der Waals surface area contributed by atoms with Crippen LogP contribution in [0, 0.1) is 15.9 Å². The average molecular weight is 376 g/mol. The Morgan fingerprint density at radius 3 is 2.41 bits per heavy atom. The summed E-state index contributed by atoms with van der Waals surface area (Å²) in [6.45, 7) is 1.41. The van der Waals surface area contributed by atoms with Crippen LogP contribution < -0.4 is 9.64 Å². The number of hydrogen-bond donors (Lipinski definition) is 0. The molecule has 9 heteroatoms. The molecule has 2 rings (SSSR count). The molecule has 1 amide bonds. The van der Waals surface area contributed by atoms with Crippen molar-refractivity contribution in [3.8, 4) is 5.75 Å². The van der Waals surface area contributed by atoms with Crippen molar-refractivity contribution in [2.24, 2.45) is 0 Å². The monoisotopic (exact) mass is 376 g/mol. The number of benzene rings is 2. The van der Waals surface area contributed by atoms with Gasteiger partial charge in [0.05, 0.1) is 12.0 Å². The third-order valence-corrected chi connectivity index (χ3v) is 3.70. The zero-order valence-electron chi connectivity index (χ0n) is 14.7. The van der Waals surface area contributed by atoms with E-state index in [-0.39, 0.29) is 23.5 Å². The summed E-state index contributed by atoms with van der Waals surface area (Å²) >= 11 is 0. The molecule has 2 aromatic carbocycles. The number of hydrogen-bond acceptors (Lipinski definition) is 6. The van der Waals surface area contributed by atoms with Gasteiger partial charge in [0.25, 0.3) is 11.6 Å². The van der Waals surface area contributed by atoms with Crippen LogP contribution in [0.4, 0.5) is 15.8 Å². The Kier molecular flexibility index (Phi) is 6.42. The molecule has 0 N–H and O–H groups in total. The molecular weight excluding hydrogens is 359 g/mol. The van der Waals surface area contributed by atoms with E-state index >= 15 is 0 Å². The Hall–Kier alpha value is -3.49. The predicted molar refractivity (Wildman–Crippen MR) is 94.4 cm³/mol. The second-order valence-electron chi connectivity index (χ2n) is 5.33. The Morgan fingerprint density at radius 1 is 1.19 bits per heavy atom. The second kappa shape index (κ2) is 8.75. The summed E-state index contributed by atoms with van der Waals surface area (Å²) in [5.74, 6) is -1.81. The van der Waals surface area contributed by atoms with Gasteiger partial charge in [0.2, 0.25) is 0 Å². The second-order valence-corrected chi connectivity index (χ2v) is 5.33. The molecule has 0 unspecified atom stereocenters. The van der Waals surface area contributed by atoms with E-state index in [0.717, 1.165) is 6.07 Å². The van der Waals surface area contributed by atoms with E-state index in [1.54, 1.807) is 6.92 Å². The highest BCUT2D eigenvalue weighted by Crippen LogP contribution is 2.25. The first kappa shape index (κ1) is 19.8. The van der Waals surface area contributed by atoms with Gasteiger partial charge in [0, 0.05) is 24.4 Å². The lowest BCUT2D eigenvalue weighted by molar-refractivity contribution is -0.384. The van der Waals surface area contributed by atoms with Crippen LogP contribution >= 0.6 is 0 Å². The maximum Gasteiger partial charge on any atom is 0.342 e. The minimum Gasteiger partial charge on any atom is -0.496 e. The lowest BCUT2D eigenvalue weighted by Crippen LogP contribution is -2.34. The summed E-state index contributed by atoms with van der Waals surface area (Å²) in [5, 5.41) is 10.9. The minimum absolute atomic E-state index is 0.0870. The molecule has 8 nitrogen and oxygen atoms in total. The number of nitro groups is 1. The van der Waals surface area contributed by atoms with E-state index in [1.165, 1.54) is 48.4 Å². The number of amides is 1. The van der Waals surface area contributed by atoms with Gasteiger partial charge in [-0.25, -0.2) is 9.18 Å². The first-order valence-electron chi connectivity index (χ1n) is 7.92. The first-order valence-corrected chi connectivity index (χ1v) is 7.92. The Balaban J connectivity index is 2.12. The third-order valence-electron chi connectivity index (χ3n) is 3.70. The molecule has 0 atom stereocenters. The molecule has 0 fully saturated rings. The number of likely N-dealkylation sites (N-methyl/N-ethyl adjacent to an activating group) is 1. The standard InChI is InChI=1S/C18H17FN2O6/c1-3-20(13-6-4-12(19)5-7-13)17(22)11-27-18(23)15-10-14(21(24)25)8-9-16(15)26-2/h4-10H,3,11H2,1-2H3. The van der Waals surface area contributed by atoms with Crippen LogP contribution in [-0.4, -0.2) is 37.1 Å². The van der Waals surface area contributed by atoms with Crippen LogP contribution in [-0.2, 0) is 9.53 Å². The number of carbonyl (C=O) groups excluding carboxylic acids is 2. The van der Waals surface area contributed by atoms with Gasteiger partial charge >= 0.3 is 5.97 Å². The van der Waals surface area contributed by atoms with Crippen molar-refractivity contribution in [1.29, 1.82) is 0 Å². The van der Waals surface area contributed by atoms with Gasteiger partial charge in [0.15, 0.2) is 6.61 Å². The van der Waals surface area contributed by atoms with Gasteiger partial charge in [-0.3, -0.25) is 14.9 Å². The maximum absolute atomic E-state index is 13.0. The molecule has 0 radical (unpaired) electrons. The molecule has 0 saturated carbocycles. The number of nitro benzene ring substituents is 1. The van der Waals surface area contributed by atoms with Gasteiger partial charge < -0.3 is 14.4 Å². The molecule has 0 spiro atoms. The fourth-order valence-electron chi connectivity index (χ4n) is 2.38. The number of halogens is 1. The molecular formula is C18H17FN2O6. The molecule has 0 aliphatic heterocycles. The molecule has 27 heavy (non-hydrogen) atoms. The van der Waals surface area contributed by atoms with Crippen molar-refractivity contribution in [2.45, 2.75) is 6.92 Å². The van der Waals surface area contributed by atoms with E-state index in [0.29, 0.717) is 5.69 Å². The topological polar surface area (TPSA) is 99.0 Å². The zero-order valence-corrected chi connectivity index (χ0v) is 14.7. The van der Waals surface area contributed by atoms with Crippen molar-refractivity contribution in [2.75, 3.05) is 25.2 Å². The average Bonchev–Trinajstić information content (AvgIpc) is 2.67. The van der Waals surface area contributed by atoms with E-state index in [4.69, 9.17) is 9.47 Å². The van der Waals surface area contributed by atoms with Gasteiger partial charge in [0.1, 0.15) is 17.1 Å². The molecule has 0 aliphatic rings. The van der Waals surface area contributed by atoms with Crippen LogP contribution in [0.25, 0.3) is 0 Å². The van der Waals surface area contributed by atoms with Gasteiger partial charge in [-0.05, 0) is 37.3 Å². The summed E-state index contributed by atoms with van der Waals surface area (Å²) in [4.78, 5) is 36.1. The quantitative estimate of drug-likeness (QED) is 0.418. The molecule has 0 heterocycles. The summed E-state index contributed by atoms with van der Waals surface area (Å²) < 4.78 is 23.0. The molecule has 0 saturated heterocycles.